The molecule has 1 amide bonds. The summed E-state index contributed by atoms with van der Waals surface area (Å²) in [7, 11) is 0. The van der Waals surface area contributed by atoms with E-state index in [1.807, 2.05) is 32.0 Å². The summed E-state index contributed by atoms with van der Waals surface area (Å²) in [5.41, 5.74) is 4.73. The van der Waals surface area contributed by atoms with E-state index >= 15 is 0 Å². The summed E-state index contributed by atoms with van der Waals surface area (Å²) in [5, 5.41) is 2.93. The van der Waals surface area contributed by atoms with Crippen LogP contribution in [0.1, 0.15) is 35.1 Å². The van der Waals surface area contributed by atoms with Crippen LogP contribution in [0.15, 0.2) is 42.5 Å². The summed E-state index contributed by atoms with van der Waals surface area (Å²) in [5.74, 6) is 0.672. The van der Waals surface area contributed by atoms with Gasteiger partial charge in [0.2, 0.25) is 0 Å². The van der Waals surface area contributed by atoms with Gasteiger partial charge in [-0.2, -0.15) is 0 Å². The van der Waals surface area contributed by atoms with Gasteiger partial charge in [0.15, 0.2) is 6.61 Å². The van der Waals surface area contributed by atoms with Crippen molar-refractivity contribution in [3.63, 3.8) is 0 Å². The number of nitrogens with one attached hydrogen (secondary N) is 2. The van der Waals surface area contributed by atoms with E-state index in [0.29, 0.717) is 6.54 Å². The third kappa shape index (κ3) is 5.09. The molecule has 2 aromatic carbocycles. The Morgan fingerprint density at radius 1 is 1.04 bits per heavy atom. The highest BCUT2D eigenvalue weighted by atomic mass is 16.5. The van der Waals surface area contributed by atoms with E-state index in [-0.39, 0.29) is 12.5 Å². The second kappa shape index (κ2) is 8.86. The number of likely N-dealkylation sites (tertiary alicyclic amines) is 1. The Morgan fingerprint density at radius 2 is 1.73 bits per heavy atom. The molecule has 2 N–H and O–H groups in total. The molecule has 1 saturated heterocycles. The highest BCUT2D eigenvalue weighted by molar-refractivity contribution is 5.77. The lowest BCUT2D eigenvalue weighted by Gasteiger charge is -2.13. The van der Waals surface area contributed by atoms with Crippen LogP contribution in [-0.2, 0) is 17.9 Å². The van der Waals surface area contributed by atoms with Gasteiger partial charge >= 0.3 is 0 Å². The third-order valence-electron chi connectivity index (χ3n) is 5.19. The van der Waals surface area contributed by atoms with Crippen LogP contribution in [0.4, 0.5) is 0 Å². The Balaban J connectivity index is 1.43. The van der Waals surface area contributed by atoms with E-state index in [1.54, 1.807) is 4.90 Å². The van der Waals surface area contributed by atoms with Gasteiger partial charge in [0.1, 0.15) is 12.3 Å². The van der Waals surface area contributed by atoms with Crippen LogP contribution in [0.3, 0.4) is 0 Å². The van der Waals surface area contributed by atoms with Crippen molar-refractivity contribution in [2.24, 2.45) is 0 Å². The Morgan fingerprint density at radius 3 is 2.46 bits per heavy atom. The molecule has 4 nitrogen and oxygen atoms in total. The fraction of sp³-hybridized carbons (Fsp3) is 0.409. The van der Waals surface area contributed by atoms with Crippen molar-refractivity contribution in [3.05, 3.63) is 64.7 Å². The van der Waals surface area contributed by atoms with E-state index in [4.69, 9.17) is 4.74 Å². The van der Waals surface area contributed by atoms with Gasteiger partial charge in [-0.1, -0.05) is 36.4 Å². The summed E-state index contributed by atoms with van der Waals surface area (Å²) >= 11 is 0. The second-order valence-electron chi connectivity index (χ2n) is 7.21. The summed E-state index contributed by atoms with van der Waals surface area (Å²) in [6.45, 7) is 8.31. The molecule has 0 aliphatic carbocycles. The van der Waals surface area contributed by atoms with Crippen LogP contribution in [0.5, 0.6) is 5.75 Å². The Kier molecular flexibility index (Phi) is 6.29. The van der Waals surface area contributed by atoms with Crippen LogP contribution in [-0.4, -0.2) is 25.6 Å². The molecule has 26 heavy (non-hydrogen) atoms. The summed E-state index contributed by atoms with van der Waals surface area (Å²) in [4.78, 5) is 13.7. The first kappa shape index (κ1) is 18.5. The monoisotopic (exact) mass is 353 g/mol. The molecule has 2 aromatic rings. The topological polar surface area (TPSA) is 42.8 Å². The van der Waals surface area contributed by atoms with Crippen molar-refractivity contribution < 1.29 is 14.4 Å². The fourth-order valence-electron chi connectivity index (χ4n) is 3.39. The quantitative estimate of drug-likeness (QED) is 0.801. The second-order valence-corrected chi connectivity index (χ2v) is 7.21. The maximum absolute atomic E-state index is 12.0. The van der Waals surface area contributed by atoms with Crippen LogP contribution in [0.25, 0.3) is 0 Å². The first-order valence-electron chi connectivity index (χ1n) is 9.49. The Labute approximate surface area is 156 Å². The third-order valence-corrected chi connectivity index (χ3v) is 5.19. The molecule has 0 atom stereocenters. The maximum atomic E-state index is 12.0. The number of carbonyl (C=O) groups excluding carboxylic acids is 1. The number of hydrogen-bond donors (Lipinski definition) is 2. The van der Waals surface area contributed by atoms with Gasteiger partial charge in [0, 0.05) is 24.9 Å². The zero-order valence-corrected chi connectivity index (χ0v) is 15.8. The summed E-state index contributed by atoms with van der Waals surface area (Å²) in [6.07, 6.45) is 2.70. The number of hydrogen-bond acceptors (Lipinski definition) is 2. The first-order chi connectivity index (χ1) is 12.6. The van der Waals surface area contributed by atoms with Crippen LogP contribution < -0.4 is 15.0 Å². The molecule has 0 saturated carbocycles. The first-order valence-corrected chi connectivity index (χ1v) is 9.49. The zero-order valence-electron chi connectivity index (χ0n) is 15.8. The molecule has 1 aliphatic heterocycles. The summed E-state index contributed by atoms with van der Waals surface area (Å²) in [6, 6.07) is 14.5. The largest absolute Gasteiger partial charge is 0.483 e. The predicted octanol–water partition coefficient (Wildman–Crippen LogP) is 2.18. The molecule has 0 spiro atoms. The van der Waals surface area contributed by atoms with Gasteiger partial charge in [-0.15, -0.1) is 0 Å². The number of rotatable bonds is 7. The summed E-state index contributed by atoms with van der Waals surface area (Å²) < 4.78 is 5.65. The fourth-order valence-corrected chi connectivity index (χ4v) is 3.39. The average molecular weight is 353 g/mol. The van der Waals surface area contributed by atoms with Crippen molar-refractivity contribution in [1.82, 2.24) is 5.32 Å². The Bertz CT molecular complexity index is 734. The number of ether oxygens (including phenoxy) is 1. The van der Waals surface area contributed by atoms with Crippen molar-refractivity contribution in [2.45, 2.75) is 39.8 Å². The van der Waals surface area contributed by atoms with E-state index in [2.05, 4.69) is 29.6 Å². The van der Waals surface area contributed by atoms with Crippen LogP contribution >= 0.6 is 0 Å². The van der Waals surface area contributed by atoms with Crippen molar-refractivity contribution >= 4 is 5.91 Å². The lowest BCUT2D eigenvalue weighted by molar-refractivity contribution is -0.901. The highest BCUT2D eigenvalue weighted by Gasteiger charge is 2.15. The normalized spacial score (nSPS) is 14.4. The SMILES string of the molecule is Cc1cccc(OCC(=O)NCc2ccc(C[NH+]3CCCC3)cc2)c1C. The smallest absolute Gasteiger partial charge is 0.258 e. The molecule has 1 aliphatic rings. The maximum Gasteiger partial charge on any atom is 0.258 e. The van der Waals surface area contributed by atoms with Gasteiger partial charge in [-0.3, -0.25) is 4.79 Å². The number of carbonyl (C=O) groups is 1. The molecule has 0 aromatic heterocycles. The predicted molar refractivity (Wildman–Crippen MR) is 103 cm³/mol. The number of amides is 1. The standard InChI is InChI=1S/C22H28N2O2/c1-17-6-5-7-21(18(17)2)26-16-22(25)23-14-19-8-10-20(11-9-19)15-24-12-3-4-13-24/h5-11H,3-4,12-16H2,1-2H3,(H,23,25)/p+1. The van der Waals surface area contributed by atoms with Crippen molar-refractivity contribution in [2.75, 3.05) is 19.7 Å². The molecule has 1 heterocycles. The number of benzene rings is 2. The molecule has 138 valence electrons. The minimum absolute atomic E-state index is 0.0424. The van der Waals surface area contributed by atoms with Gasteiger partial charge in [0.05, 0.1) is 13.1 Å². The Hall–Kier alpha value is -2.33. The number of quaternary nitrogens is 1. The lowest BCUT2D eigenvalue weighted by Crippen LogP contribution is -3.08. The molecular weight excluding hydrogens is 324 g/mol. The molecule has 0 bridgehead atoms. The van der Waals surface area contributed by atoms with E-state index in [1.165, 1.54) is 37.1 Å². The van der Waals surface area contributed by atoms with Gasteiger partial charge < -0.3 is 15.0 Å². The van der Waals surface area contributed by atoms with Gasteiger partial charge in [0.25, 0.3) is 5.91 Å². The average Bonchev–Trinajstić information content (AvgIpc) is 3.15. The molecule has 1 fully saturated rings. The van der Waals surface area contributed by atoms with Gasteiger partial charge in [-0.25, -0.2) is 0 Å². The van der Waals surface area contributed by atoms with Crippen molar-refractivity contribution in [1.29, 1.82) is 0 Å². The number of aryl methyl sites for hydroxylation is 1. The van der Waals surface area contributed by atoms with Crippen LogP contribution in [0.2, 0.25) is 0 Å². The van der Waals surface area contributed by atoms with Crippen molar-refractivity contribution in [3.8, 4) is 5.75 Å². The van der Waals surface area contributed by atoms with Gasteiger partial charge in [-0.05, 0) is 36.6 Å². The lowest BCUT2D eigenvalue weighted by atomic mass is 10.1. The molecule has 3 rings (SSSR count). The minimum Gasteiger partial charge on any atom is -0.483 e. The molecule has 0 radical (unpaired) electrons. The molecule has 4 heteroatoms. The minimum atomic E-state index is -0.100. The zero-order chi connectivity index (χ0) is 18.4. The van der Waals surface area contributed by atoms with E-state index in [9.17, 15) is 4.79 Å². The highest BCUT2D eigenvalue weighted by Crippen LogP contribution is 2.20. The van der Waals surface area contributed by atoms with E-state index in [0.717, 1.165) is 23.4 Å². The molecular formula is C22H29N2O2+. The molecule has 0 unspecified atom stereocenters. The van der Waals surface area contributed by atoms with E-state index < -0.39 is 0 Å². The van der Waals surface area contributed by atoms with Crippen LogP contribution in [0, 0.1) is 13.8 Å².